The molecule has 0 saturated carbocycles. The molecule has 0 aliphatic rings. The van der Waals surface area contributed by atoms with Gasteiger partial charge in [0.1, 0.15) is 0 Å². The quantitative estimate of drug-likeness (QED) is 0.451. The molecule has 0 heterocycles. The molecule has 0 aliphatic carbocycles. The van der Waals surface area contributed by atoms with Gasteiger partial charge in [0.15, 0.2) is 5.56 Å². The minimum absolute atomic E-state index is 0.365. The minimum Gasteiger partial charge on any atom is -0.438 e. The van der Waals surface area contributed by atoms with Crippen LogP contribution in [0, 0.1) is 0 Å². The van der Waals surface area contributed by atoms with E-state index < -0.39 is 5.56 Å². The smallest absolute Gasteiger partial charge is 0.368 e. The van der Waals surface area contributed by atoms with E-state index in [9.17, 15) is 4.79 Å². The van der Waals surface area contributed by atoms with Crippen LogP contribution in [-0.2, 0) is 16.1 Å². The van der Waals surface area contributed by atoms with E-state index in [1.807, 2.05) is 30.3 Å². The maximum absolute atomic E-state index is 11.1. The molecule has 0 aromatic heterocycles. The fourth-order valence-electron chi connectivity index (χ4n) is 1.11. The summed E-state index contributed by atoms with van der Waals surface area (Å²) in [6.45, 7) is 2.67. The van der Waals surface area contributed by atoms with Gasteiger partial charge in [-0.25, -0.2) is 4.79 Å². The highest BCUT2D eigenvalue weighted by molar-refractivity contribution is 8.13. The highest BCUT2D eigenvalue weighted by Gasteiger charge is 2.06. The second-order valence-electron chi connectivity index (χ2n) is 3.30. The molecule has 1 rings (SSSR count). The van der Waals surface area contributed by atoms with Gasteiger partial charge in [-0.05, 0) is 24.2 Å². The van der Waals surface area contributed by atoms with Crippen molar-refractivity contribution in [1.82, 2.24) is 0 Å². The standard InChI is InChI=1S/C12H15ClO3S/c1-10(13)16-12(14)17-8-7-15-9-11-5-3-2-4-6-11/h2-6,10H,7-9H2,1H3. The van der Waals surface area contributed by atoms with Crippen LogP contribution in [0.4, 0.5) is 4.79 Å². The first-order valence-electron chi connectivity index (χ1n) is 5.27. The number of carbonyl (C=O) groups is 1. The third-order valence-corrected chi connectivity index (χ3v) is 2.61. The van der Waals surface area contributed by atoms with Gasteiger partial charge in [0.2, 0.25) is 0 Å². The Hall–Kier alpha value is -0.710. The van der Waals surface area contributed by atoms with Crippen molar-refractivity contribution >= 4 is 28.7 Å². The second-order valence-corrected chi connectivity index (χ2v) is 4.94. The number of halogens is 1. The van der Waals surface area contributed by atoms with Crippen LogP contribution in [0.1, 0.15) is 12.5 Å². The Labute approximate surface area is 110 Å². The van der Waals surface area contributed by atoms with E-state index >= 15 is 0 Å². The maximum atomic E-state index is 11.1. The van der Waals surface area contributed by atoms with Crippen molar-refractivity contribution in [2.75, 3.05) is 12.4 Å². The molecule has 1 atom stereocenters. The summed E-state index contributed by atoms with van der Waals surface area (Å²) in [6.07, 6.45) is 0. The Bertz CT molecular complexity index is 330. The summed E-state index contributed by atoms with van der Waals surface area (Å²) in [4.78, 5) is 11.1. The maximum Gasteiger partial charge on any atom is 0.368 e. The average molecular weight is 275 g/mol. The van der Waals surface area contributed by atoms with E-state index in [0.717, 1.165) is 17.3 Å². The number of hydrogen-bond acceptors (Lipinski definition) is 4. The fourth-order valence-corrected chi connectivity index (χ4v) is 1.83. The predicted molar refractivity (Wildman–Crippen MR) is 70.4 cm³/mol. The highest BCUT2D eigenvalue weighted by atomic mass is 35.5. The molecular formula is C12H15ClO3S. The molecule has 0 fully saturated rings. The van der Waals surface area contributed by atoms with Crippen LogP contribution in [0.2, 0.25) is 0 Å². The van der Waals surface area contributed by atoms with Crippen LogP contribution in [0.3, 0.4) is 0 Å². The number of alkyl halides is 1. The molecular weight excluding hydrogens is 260 g/mol. The van der Waals surface area contributed by atoms with Crippen LogP contribution < -0.4 is 0 Å². The Kier molecular flexibility index (Phi) is 7.08. The number of ether oxygens (including phenoxy) is 2. The van der Waals surface area contributed by atoms with Crippen molar-refractivity contribution in [2.24, 2.45) is 0 Å². The fraction of sp³-hybridized carbons (Fsp3) is 0.417. The van der Waals surface area contributed by atoms with Crippen LogP contribution >= 0.6 is 23.4 Å². The molecule has 94 valence electrons. The highest BCUT2D eigenvalue weighted by Crippen LogP contribution is 2.09. The molecule has 0 aliphatic heterocycles. The zero-order valence-electron chi connectivity index (χ0n) is 9.60. The van der Waals surface area contributed by atoms with Gasteiger partial charge in [-0.15, -0.1) is 0 Å². The van der Waals surface area contributed by atoms with Crippen molar-refractivity contribution in [1.29, 1.82) is 0 Å². The van der Waals surface area contributed by atoms with E-state index in [-0.39, 0.29) is 5.30 Å². The van der Waals surface area contributed by atoms with E-state index in [1.165, 1.54) is 0 Å². The molecule has 0 amide bonds. The summed E-state index contributed by atoms with van der Waals surface area (Å²) in [6, 6.07) is 9.88. The van der Waals surface area contributed by atoms with Crippen molar-refractivity contribution < 1.29 is 14.3 Å². The monoisotopic (exact) mass is 274 g/mol. The first-order chi connectivity index (χ1) is 8.18. The van der Waals surface area contributed by atoms with E-state index in [1.54, 1.807) is 6.92 Å². The van der Waals surface area contributed by atoms with Gasteiger partial charge >= 0.3 is 5.30 Å². The lowest BCUT2D eigenvalue weighted by Gasteiger charge is -2.06. The number of benzene rings is 1. The van der Waals surface area contributed by atoms with Gasteiger partial charge in [-0.3, -0.25) is 0 Å². The largest absolute Gasteiger partial charge is 0.438 e. The molecule has 0 spiro atoms. The molecule has 0 N–H and O–H groups in total. The van der Waals surface area contributed by atoms with Gasteiger partial charge in [0.05, 0.1) is 13.2 Å². The molecule has 1 aromatic rings. The Morgan fingerprint density at radius 1 is 1.41 bits per heavy atom. The van der Waals surface area contributed by atoms with Crippen LogP contribution in [0.15, 0.2) is 30.3 Å². The topological polar surface area (TPSA) is 35.5 Å². The van der Waals surface area contributed by atoms with Gasteiger partial charge < -0.3 is 9.47 Å². The number of rotatable bonds is 6. The van der Waals surface area contributed by atoms with Crippen LogP contribution in [0.25, 0.3) is 0 Å². The van der Waals surface area contributed by atoms with Gasteiger partial charge in [-0.2, -0.15) is 0 Å². The predicted octanol–water partition coefficient (Wildman–Crippen LogP) is 3.66. The van der Waals surface area contributed by atoms with E-state index in [0.29, 0.717) is 19.0 Å². The summed E-state index contributed by atoms with van der Waals surface area (Å²) in [5.41, 5.74) is 0.537. The SMILES string of the molecule is CC(Cl)OC(=O)SCCOCc1ccccc1. The Balaban J connectivity index is 2.03. The lowest BCUT2D eigenvalue weighted by atomic mass is 10.2. The lowest BCUT2D eigenvalue weighted by molar-refractivity contribution is 0.136. The zero-order valence-corrected chi connectivity index (χ0v) is 11.2. The van der Waals surface area contributed by atoms with Gasteiger partial charge in [0.25, 0.3) is 0 Å². The summed E-state index contributed by atoms with van der Waals surface area (Å²) in [5.74, 6) is 0.565. The molecule has 17 heavy (non-hydrogen) atoms. The second kappa shape index (κ2) is 8.39. The number of carbonyl (C=O) groups excluding carboxylic acids is 1. The normalized spacial score (nSPS) is 12.1. The Morgan fingerprint density at radius 2 is 2.12 bits per heavy atom. The zero-order chi connectivity index (χ0) is 12.5. The molecule has 1 unspecified atom stereocenters. The van der Waals surface area contributed by atoms with E-state index in [4.69, 9.17) is 21.1 Å². The summed E-state index contributed by atoms with van der Waals surface area (Å²) < 4.78 is 10.2. The third-order valence-electron chi connectivity index (χ3n) is 1.82. The Morgan fingerprint density at radius 3 is 2.76 bits per heavy atom. The summed E-state index contributed by atoms with van der Waals surface area (Å²) in [7, 11) is 0. The average Bonchev–Trinajstić information content (AvgIpc) is 2.29. The number of hydrogen-bond donors (Lipinski definition) is 0. The van der Waals surface area contributed by atoms with Crippen molar-refractivity contribution in [3.05, 3.63) is 35.9 Å². The van der Waals surface area contributed by atoms with E-state index in [2.05, 4.69) is 0 Å². The molecule has 5 heteroatoms. The van der Waals surface area contributed by atoms with Gasteiger partial charge in [0, 0.05) is 5.75 Å². The van der Waals surface area contributed by atoms with Crippen LogP contribution in [-0.4, -0.2) is 23.2 Å². The first-order valence-corrected chi connectivity index (χ1v) is 6.70. The van der Waals surface area contributed by atoms with Crippen molar-refractivity contribution in [2.45, 2.75) is 19.1 Å². The lowest BCUT2D eigenvalue weighted by Crippen LogP contribution is -2.06. The molecule has 3 nitrogen and oxygen atoms in total. The summed E-state index contributed by atoms with van der Waals surface area (Å²) >= 11 is 6.57. The van der Waals surface area contributed by atoms with Gasteiger partial charge in [-0.1, -0.05) is 41.9 Å². The van der Waals surface area contributed by atoms with Crippen LogP contribution in [0.5, 0.6) is 0 Å². The van der Waals surface area contributed by atoms with Crippen molar-refractivity contribution in [3.8, 4) is 0 Å². The first kappa shape index (κ1) is 14.4. The van der Waals surface area contributed by atoms with Crippen molar-refractivity contribution in [3.63, 3.8) is 0 Å². The molecule has 0 bridgehead atoms. The molecule has 0 saturated heterocycles. The third kappa shape index (κ3) is 7.26. The number of thioether (sulfide) groups is 1. The molecule has 0 radical (unpaired) electrons. The molecule has 1 aromatic carbocycles. The minimum atomic E-state index is -0.583. The summed E-state index contributed by atoms with van der Waals surface area (Å²) in [5, 5.41) is -0.365.